The summed E-state index contributed by atoms with van der Waals surface area (Å²) in [5.74, 6) is -0.799. The number of aliphatic hydroxyl groups is 1. The Morgan fingerprint density at radius 2 is 1.59 bits per heavy atom. The van der Waals surface area contributed by atoms with Gasteiger partial charge >= 0.3 is 18.4 Å². The van der Waals surface area contributed by atoms with E-state index in [-0.39, 0.29) is 11.7 Å². The minimum atomic E-state index is -5.91. The van der Waals surface area contributed by atoms with Crippen molar-refractivity contribution in [3.63, 3.8) is 0 Å². The first-order valence-corrected chi connectivity index (χ1v) is 14.9. The second-order valence-corrected chi connectivity index (χ2v) is 15.5. The van der Waals surface area contributed by atoms with Crippen molar-refractivity contribution in [3.05, 3.63) is 22.5 Å². The van der Waals surface area contributed by atoms with Gasteiger partial charge in [0.25, 0.3) is 6.10 Å². The molecule has 0 bridgehead atoms. The fourth-order valence-electron chi connectivity index (χ4n) is 5.28. The molecule has 0 aromatic carbocycles. The molecule has 212 valence electrons. The van der Waals surface area contributed by atoms with Crippen LogP contribution in [0.2, 0.25) is 18.1 Å². The number of likely N-dealkylation sites (tertiary alicyclic amines) is 1. The molecule has 1 fully saturated rings. The number of piperidine rings is 1. The van der Waals surface area contributed by atoms with Crippen molar-refractivity contribution in [2.24, 2.45) is 0 Å². The van der Waals surface area contributed by atoms with Gasteiger partial charge in [-0.25, -0.2) is 4.79 Å². The number of fused-ring (bicyclic) bond motifs is 1. The van der Waals surface area contributed by atoms with E-state index in [0.29, 0.717) is 18.1 Å². The lowest BCUT2D eigenvalue weighted by Crippen LogP contribution is -2.62. The molecule has 0 spiro atoms. The monoisotopic (exact) mass is 559 g/mol. The van der Waals surface area contributed by atoms with E-state index in [1.165, 1.54) is 6.92 Å². The number of carbonyl (C=O) groups excluding carboxylic acids is 2. The topological polar surface area (TPSA) is 76.1 Å². The van der Waals surface area contributed by atoms with E-state index in [9.17, 15) is 41.0 Å². The molecule has 1 saturated heterocycles. The van der Waals surface area contributed by atoms with E-state index in [0.717, 1.165) is 11.0 Å². The number of nitrogens with zero attached hydrogens (tertiary/aromatic N) is 1. The van der Waals surface area contributed by atoms with Crippen LogP contribution in [0.5, 0.6) is 0 Å². The van der Waals surface area contributed by atoms with Crippen molar-refractivity contribution < 1.29 is 50.5 Å². The van der Waals surface area contributed by atoms with Gasteiger partial charge in [-0.05, 0) is 34.1 Å². The van der Waals surface area contributed by atoms with Gasteiger partial charge in [-0.2, -0.15) is 26.3 Å². The minimum Gasteiger partial charge on any atom is -0.443 e. The molecule has 0 aromatic rings. The number of Topliss-reactive ketones (excluding diaryl/α,β-unsaturated/α-hetero) is 1. The van der Waals surface area contributed by atoms with E-state index in [4.69, 9.17) is 9.47 Å². The summed E-state index contributed by atoms with van der Waals surface area (Å²) in [6.45, 7) is 11.0. The molecule has 1 amide bonds. The van der Waals surface area contributed by atoms with Crippen molar-refractivity contribution in [2.75, 3.05) is 6.54 Å². The summed E-state index contributed by atoms with van der Waals surface area (Å²) in [5.41, 5.74) is -4.90. The van der Waals surface area contributed by atoms with E-state index in [1.807, 2.05) is 0 Å². The van der Waals surface area contributed by atoms with Crippen molar-refractivity contribution >= 4 is 20.0 Å². The predicted octanol–water partition coefficient (Wildman–Crippen LogP) is 6.07. The zero-order valence-electron chi connectivity index (χ0n) is 22.1. The van der Waals surface area contributed by atoms with Crippen molar-refractivity contribution in [3.8, 4) is 0 Å². The Hall–Kier alpha value is -1.86. The van der Waals surface area contributed by atoms with Crippen LogP contribution in [-0.4, -0.2) is 72.3 Å². The Bertz CT molecular complexity index is 942. The second kappa shape index (κ2) is 10.4. The number of hydrogen-bond donors (Lipinski definition) is 1. The second-order valence-electron chi connectivity index (χ2n) is 10.3. The highest BCUT2D eigenvalue weighted by Crippen LogP contribution is 2.54. The number of alkyl halides is 6. The van der Waals surface area contributed by atoms with Gasteiger partial charge in [0, 0.05) is 17.3 Å². The zero-order valence-corrected chi connectivity index (χ0v) is 23.1. The first-order valence-electron chi connectivity index (χ1n) is 12.2. The molecule has 37 heavy (non-hydrogen) atoms. The fourth-order valence-corrected chi connectivity index (χ4v) is 9.28. The molecule has 1 N–H and O–H groups in total. The molecule has 0 unspecified atom stereocenters. The molecule has 1 aliphatic heterocycles. The molecular formula is C24H35F6NO5Si. The number of ether oxygens (including phenoxy) is 2. The number of halogens is 6. The molecule has 6 nitrogen and oxygen atoms in total. The minimum absolute atomic E-state index is 0.000748. The average Bonchev–Trinajstić information content (AvgIpc) is 3.01. The van der Waals surface area contributed by atoms with Gasteiger partial charge in [-0.15, -0.1) is 0 Å². The molecule has 2 rings (SSSR count). The lowest BCUT2D eigenvalue weighted by molar-refractivity contribution is -0.345. The van der Waals surface area contributed by atoms with Gasteiger partial charge in [-0.1, -0.05) is 45.0 Å². The Labute approximate surface area is 213 Å². The average molecular weight is 560 g/mol. The Morgan fingerprint density at radius 1 is 1.11 bits per heavy atom. The number of rotatable bonds is 6. The fraction of sp³-hybridized carbons (Fsp3) is 0.750. The highest BCUT2D eigenvalue weighted by atomic mass is 28.3. The Morgan fingerprint density at radius 3 is 1.97 bits per heavy atom. The van der Waals surface area contributed by atoms with E-state index < -0.39 is 73.4 Å². The molecule has 2 aliphatic rings. The maximum absolute atomic E-state index is 13.9. The highest BCUT2D eigenvalue weighted by Gasteiger charge is 2.68. The smallest absolute Gasteiger partial charge is 0.423 e. The Balaban J connectivity index is 3.03. The summed E-state index contributed by atoms with van der Waals surface area (Å²) < 4.78 is 92.8. The van der Waals surface area contributed by atoms with Crippen LogP contribution in [0.3, 0.4) is 0 Å². The van der Waals surface area contributed by atoms with Crippen LogP contribution in [0, 0.1) is 0 Å². The van der Waals surface area contributed by atoms with E-state index in [2.05, 4.69) is 0 Å². The van der Waals surface area contributed by atoms with Crippen LogP contribution in [0.25, 0.3) is 0 Å². The molecular weight excluding hydrogens is 524 g/mol. The van der Waals surface area contributed by atoms with Gasteiger partial charge in [0.15, 0.2) is 11.4 Å². The van der Waals surface area contributed by atoms with Crippen molar-refractivity contribution in [2.45, 2.75) is 109 Å². The van der Waals surface area contributed by atoms with Crippen LogP contribution in [0.4, 0.5) is 31.1 Å². The molecule has 0 radical (unpaired) electrons. The molecule has 1 aliphatic carbocycles. The van der Waals surface area contributed by atoms with Gasteiger partial charge in [-0.3, -0.25) is 9.69 Å². The number of aliphatic hydroxyl groups excluding tert-OH is 1. The van der Waals surface area contributed by atoms with Crippen LogP contribution in [0.1, 0.15) is 54.9 Å². The number of allylic oxidation sites excluding steroid dienone is 2. The summed E-state index contributed by atoms with van der Waals surface area (Å²) >= 11 is 0. The first-order chi connectivity index (χ1) is 16.8. The van der Waals surface area contributed by atoms with Crippen molar-refractivity contribution in [1.82, 2.24) is 4.90 Å². The summed E-state index contributed by atoms with van der Waals surface area (Å²) in [6.07, 6.45) is -18.5. The lowest BCUT2D eigenvalue weighted by atomic mass is 9.82. The maximum Gasteiger partial charge on any atom is 0.423 e. The molecule has 2 atom stereocenters. The first kappa shape index (κ1) is 31.4. The summed E-state index contributed by atoms with van der Waals surface area (Å²) in [4.78, 5) is 28.1. The van der Waals surface area contributed by atoms with Gasteiger partial charge in [0.1, 0.15) is 5.60 Å². The third kappa shape index (κ3) is 5.49. The number of amides is 1. The normalized spacial score (nSPS) is 24.8. The zero-order chi connectivity index (χ0) is 28.8. The summed E-state index contributed by atoms with van der Waals surface area (Å²) in [6, 6.07) is 1.29. The highest BCUT2D eigenvalue weighted by molar-refractivity contribution is 6.91. The van der Waals surface area contributed by atoms with Gasteiger partial charge in [0.05, 0.1) is 19.9 Å². The van der Waals surface area contributed by atoms with Crippen molar-refractivity contribution in [1.29, 1.82) is 0 Å². The van der Waals surface area contributed by atoms with E-state index >= 15 is 0 Å². The maximum atomic E-state index is 13.9. The van der Waals surface area contributed by atoms with E-state index in [1.54, 1.807) is 41.5 Å². The summed E-state index contributed by atoms with van der Waals surface area (Å²) in [5, 5.41) is 11.1. The van der Waals surface area contributed by atoms with Crippen LogP contribution >= 0.6 is 0 Å². The largest absolute Gasteiger partial charge is 0.443 e. The molecule has 0 aromatic heterocycles. The van der Waals surface area contributed by atoms with Crippen LogP contribution in [0.15, 0.2) is 22.5 Å². The van der Waals surface area contributed by atoms with Gasteiger partial charge < -0.3 is 14.6 Å². The third-order valence-corrected chi connectivity index (χ3v) is 12.8. The number of carbonyl (C=O) groups is 2. The SMILES string of the molecule is CC=C1C(=O)C([Si](CC)(CC)CC)=C2N(C(=O)OC(C)(C)C)CC[C@@H](O)[C@@]12OC(C(F)(F)F)C(F)(F)F. The quantitative estimate of drug-likeness (QED) is 0.243. The number of ketones is 1. The lowest BCUT2D eigenvalue weighted by Gasteiger charge is -2.48. The molecule has 1 heterocycles. The number of hydrogen-bond acceptors (Lipinski definition) is 5. The van der Waals surface area contributed by atoms with Crippen LogP contribution < -0.4 is 0 Å². The van der Waals surface area contributed by atoms with Crippen LogP contribution in [-0.2, 0) is 14.3 Å². The third-order valence-electron chi connectivity index (χ3n) is 7.19. The standard InChI is InChI=1S/C24H35F6NO5Si/c1-8-14-16(33)17(37(9-2,10-3)11-4)18-22(14,35-19(23(25,26)27)24(28,29)30)15(32)12-13-31(18)20(34)36-21(5,6)7/h8,15,19,32H,9-13H2,1-7H3/t15-,22+/m1/s1. The predicted molar refractivity (Wildman–Crippen MR) is 126 cm³/mol. The Kier molecular flexibility index (Phi) is 8.78. The molecule has 0 saturated carbocycles. The molecule has 13 heteroatoms. The summed E-state index contributed by atoms with van der Waals surface area (Å²) in [7, 11) is -2.89. The van der Waals surface area contributed by atoms with Gasteiger partial charge in [0.2, 0.25) is 0 Å².